The van der Waals surface area contributed by atoms with Crippen LogP contribution in [0.2, 0.25) is 0 Å². The van der Waals surface area contributed by atoms with Crippen LogP contribution < -0.4 is 10.6 Å². The first-order chi connectivity index (χ1) is 14.2. The third kappa shape index (κ3) is 3.77. The summed E-state index contributed by atoms with van der Waals surface area (Å²) in [5, 5.41) is 17.8. The minimum Gasteiger partial charge on any atom is -0.478 e. The lowest BCUT2D eigenvalue weighted by atomic mass is 10.0. The van der Waals surface area contributed by atoms with E-state index in [-0.39, 0.29) is 5.56 Å². The van der Waals surface area contributed by atoms with E-state index in [1.165, 1.54) is 12.8 Å². The van der Waals surface area contributed by atoms with Crippen molar-refractivity contribution in [1.29, 1.82) is 0 Å². The Hall–Kier alpha value is -3.45. The molecule has 7 heteroatoms. The molecule has 3 N–H and O–H groups in total. The summed E-state index contributed by atoms with van der Waals surface area (Å²) < 4.78 is 1.09. The minimum absolute atomic E-state index is 0.281. The molecule has 0 saturated heterocycles. The van der Waals surface area contributed by atoms with Gasteiger partial charge in [0.05, 0.1) is 15.8 Å². The molecule has 1 aliphatic rings. The van der Waals surface area contributed by atoms with Crippen molar-refractivity contribution < 1.29 is 9.90 Å². The van der Waals surface area contributed by atoms with Gasteiger partial charge in [0.25, 0.3) is 0 Å². The molecule has 1 fully saturated rings. The van der Waals surface area contributed by atoms with Crippen LogP contribution in [0.1, 0.15) is 23.2 Å². The van der Waals surface area contributed by atoms with Crippen LogP contribution in [-0.2, 0) is 0 Å². The molecule has 2 aromatic heterocycles. The van der Waals surface area contributed by atoms with Gasteiger partial charge in [-0.25, -0.2) is 9.78 Å². The zero-order valence-electron chi connectivity index (χ0n) is 15.4. The highest BCUT2D eigenvalue weighted by Crippen LogP contribution is 2.32. The Bertz CT molecular complexity index is 1180. The predicted molar refractivity (Wildman–Crippen MR) is 116 cm³/mol. The molecule has 0 amide bonds. The molecule has 2 aromatic carbocycles. The maximum absolute atomic E-state index is 11.0. The van der Waals surface area contributed by atoms with E-state index in [1.54, 1.807) is 23.5 Å². The number of aromatic nitrogens is 2. The van der Waals surface area contributed by atoms with Crippen LogP contribution in [-0.4, -0.2) is 27.1 Å². The zero-order valence-corrected chi connectivity index (χ0v) is 16.2. The fourth-order valence-corrected chi connectivity index (χ4v) is 3.90. The first-order valence-electron chi connectivity index (χ1n) is 9.38. The summed E-state index contributed by atoms with van der Waals surface area (Å²) in [5.41, 5.74) is 4.09. The van der Waals surface area contributed by atoms with Crippen molar-refractivity contribution in [2.24, 2.45) is 0 Å². The standard InChI is InChI=1S/C22H18N4O2S/c27-21(28)15-3-1-13(2-4-15)14-5-7-17(8-6-14)24-22-25-18-11-12-29-19(18)20(26-22)23-16-9-10-16/h1-8,11-12,16H,9-10H2,(H,27,28)(H2,23,24,25,26). The monoisotopic (exact) mass is 402 g/mol. The third-order valence-electron chi connectivity index (χ3n) is 4.83. The van der Waals surface area contributed by atoms with Gasteiger partial charge in [0.1, 0.15) is 5.82 Å². The maximum Gasteiger partial charge on any atom is 0.335 e. The molecular formula is C22H18N4O2S. The first-order valence-corrected chi connectivity index (χ1v) is 10.3. The quantitative estimate of drug-likeness (QED) is 0.402. The number of anilines is 3. The molecule has 0 bridgehead atoms. The summed E-state index contributed by atoms with van der Waals surface area (Å²) in [6.07, 6.45) is 2.38. The Morgan fingerprint density at radius 1 is 0.966 bits per heavy atom. The normalized spacial score (nSPS) is 13.4. The van der Waals surface area contributed by atoms with Crippen LogP contribution in [0.3, 0.4) is 0 Å². The van der Waals surface area contributed by atoms with Gasteiger partial charge in [-0.2, -0.15) is 4.98 Å². The van der Waals surface area contributed by atoms with E-state index >= 15 is 0 Å². The summed E-state index contributed by atoms with van der Waals surface area (Å²) in [4.78, 5) is 20.3. The number of carboxylic acid groups (broad SMARTS) is 1. The van der Waals surface area contributed by atoms with Crippen LogP contribution in [0.15, 0.2) is 60.0 Å². The van der Waals surface area contributed by atoms with Crippen LogP contribution >= 0.6 is 11.3 Å². The van der Waals surface area contributed by atoms with Crippen molar-refractivity contribution in [2.45, 2.75) is 18.9 Å². The number of nitrogens with zero attached hydrogens (tertiary/aromatic N) is 2. The molecule has 2 heterocycles. The number of benzene rings is 2. The Balaban J connectivity index is 1.37. The lowest BCUT2D eigenvalue weighted by molar-refractivity contribution is 0.0697. The lowest BCUT2D eigenvalue weighted by Gasteiger charge is -2.10. The van der Waals surface area contributed by atoms with Crippen molar-refractivity contribution in [3.63, 3.8) is 0 Å². The number of fused-ring (bicyclic) bond motifs is 1. The van der Waals surface area contributed by atoms with E-state index in [0.717, 1.165) is 32.8 Å². The molecule has 0 aliphatic heterocycles. The number of aromatic carboxylic acids is 1. The molecule has 6 nitrogen and oxygen atoms in total. The van der Waals surface area contributed by atoms with Gasteiger partial charge >= 0.3 is 5.97 Å². The topological polar surface area (TPSA) is 87.1 Å². The fourth-order valence-electron chi connectivity index (χ4n) is 3.12. The van der Waals surface area contributed by atoms with Crippen molar-refractivity contribution in [3.8, 4) is 11.1 Å². The molecule has 144 valence electrons. The predicted octanol–water partition coefficient (Wildman–Crippen LogP) is 5.37. The second kappa shape index (κ2) is 7.18. The van der Waals surface area contributed by atoms with Crippen molar-refractivity contribution in [3.05, 3.63) is 65.5 Å². The first kappa shape index (κ1) is 17.6. The second-order valence-electron chi connectivity index (χ2n) is 7.03. The van der Waals surface area contributed by atoms with Crippen molar-refractivity contribution in [2.75, 3.05) is 10.6 Å². The Labute approximate surface area is 171 Å². The smallest absolute Gasteiger partial charge is 0.335 e. The van der Waals surface area contributed by atoms with E-state index in [2.05, 4.69) is 20.6 Å². The summed E-state index contributed by atoms with van der Waals surface area (Å²) in [6, 6.07) is 17.3. The van der Waals surface area contributed by atoms with Gasteiger partial charge in [-0.05, 0) is 59.7 Å². The second-order valence-corrected chi connectivity index (χ2v) is 7.95. The molecule has 0 spiro atoms. The molecule has 0 unspecified atom stereocenters. The van der Waals surface area contributed by atoms with Gasteiger partial charge in [-0.15, -0.1) is 11.3 Å². The Morgan fingerprint density at radius 2 is 1.66 bits per heavy atom. The molecule has 1 saturated carbocycles. The molecular weight excluding hydrogens is 384 g/mol. The summed E-state index contributed by atoms with van der Waals surface area (Å²) in [5.74, 6) is 0.539. The summed E-state index contributed by atoms with van der Waals surface area (Å²) in [7, 11) is 0. The number of nitrogens with one attached hydrogen (secondary N) is 2. The van der Waals surface area contributed by atoms with Crippen LogP contribution in [0, 0.1) is 0 Å². The molecule has 4 aromatic rings. The zero-order chi connectivity index (χ0) is 19.8. The number of carbonyl (C=O) groups is 1. The Morgan fingerprint density at radius 3 is 2.31 bits per heavy atom. The average Bonchev–Trinajstić information content (AvgIpc) is 3.42. The molecule has 29 heavy (non-hydrogen) atoms. The number of thiophene rings is 1. The largest absolute Gasteiger partial charge is 0.478 e. The summed E-state index contributed by atoms with van der Waals surface area (Å²) >= 11 is 1.65. The highest BCUT2D eigenvalue weighted by molar-refractivity contribution is 7.17. The average molecular weight is 402 g/mol. The van der Waals surface area contributed by atoms with Crippen LogP contribution in [0.5, 0.6) is 0 Å². The van der Waals surface area contributed by atoms with Crippen molar-refractivity contribution in [1.82, 2.24) is 9.97 Å². The van der Waals surface area contributed by atoms with Crippen molar-refractivity contribution >= 4 is 45.0 Å². The highest BCUT2D eigenvalue weighted by Gasteiger charge is 2.23. The van der Waals surface area contributed by atoms with Gasteiger partial charge in [0, 0.05) is 11.7 Å². The number of hydrogen-bond donors (Lipinski definition) is 3. The third-order valence-corrected chi connectivity index (χ3v) is 5.74. The van der Waals surface area contributed by atoms with E-state index in [0.29, 0.717) is 12.0 Å². The van der Waals surface area contributed by atoms with Gasteiger partial charge in [-0.3, -0.25) is 0 Å². The van der Waals surface area contributed by atoms with Crippen LogP contribution in [0.25, 0.3) is 21.3 Å². The molecule has 0 radical (unpaired) electrons. The number of rotatable bonds is 6. The molecule has 0 atom stereocenters. The summed E-state index contributed by atoms with van der Waals surface area (Å²) in [6.45, 7) is 0. The lowest BCUT2D eigenvalue weighted by Crippen LogP contribution is -2.06. The number of hydrogen-bond acceptors (Lipinski definition) is 6. The SMILES string of the molecule is O=C(O)c1ccc(-c2ccc(Nc3nc(NC4CC4)c4sccc4n3)cc2)cc1. The minimum atomic E-state index is -0.922. The maximum atomic E-state index is 11.0. The Kier molecular flexibility index (Phi) is 4.37. The van der Waals surface area contributed by atoms with Gasteiger partial charge < -0.3 is 15.7 Å². The fraction of sp³-hybridized carbons (Fsp3) is 0.136. The number of carboxylic acids is 1. The molecule has 5 rings (SSSR count). The van der Waals surface area contributed by atoms with Gasteiger partial charge in [0.15, 0.2) is 0 Å². The highest BCUT2D eigenvalue weighted by atomic mass is 32.1. The van der Waals surface area contributed by atoms with E-state index < -0.39 is 5.97 Å². The van der Waals surface area contributed by atoms with Gasteiger partial charge in [-0.1, -0.05) is 24.3 Å². The van der Waals surface area contributed by atoms with E-state index in [1.807, 2.05) is 47.8 Å². The van der Waals surface area contributed by atoms with E-state index in [4.69, 9.17) is 5.11 Å². The van der Waals surface area contributed by atoms with E-state index in [9.17, 15) is 4.79 Å². The van der Waals surface area contributed by atoms with Crippen LogP contribution in [0.4, 0.5) is 17.5 Å². The van der Waals surface area contributed by atoms with Gasteiger partial charge in [0.2, 0.25) is 5.95 Å². The molecule has 1 aliphatic carbocycles.